The molecule has 0 saturated carbocycles. The molecular weight excluding hydrogens is 378 g/mol. The van der Waals surface area contributed by atoms with E-state index in [1.54, 1.807) is 18.4 Å². The Morgan fingerprint density at radius 2 is 1.91 bits per heavy atom. The van der Waals surface area contributed by atoms with E-state index < -0.39 is 0 Å². The van der Waals surface area contributed by atoms with Crippen molar-refractivity contribution in [3.05, 3.63) is 46.9 Å². The number of fused-ring (bicyclic) bond motifs is 1. The number of benzene rings is 2. The molecule has 4 nitrogen and oxygen atoms in total. The third-order valence-corrected chi connectivity index (χ3v) is 4.75. The largest absolute Gasteiger partial charge is 0.468 e. The molecule has 3 aromatic rings. The van der Waals surface area contributed by atoms with Crippen LogP contribution in [0.3, 0.4) is 0 Å². The van der Waals surface area contributed by atoms with Gasteiger partial charge in [0.25, 0.3) is 0 Å². The van der Waals surface area contributed by atoms with Crippen LogP contribution >= 0.6 is 27.3 Å². The van der Waals surface area contributed by atoms with Gasteiger partial charge in [-0.2, -0.15) is 0 Å². The molecule has 1 aromatic heterocycles. The van der Waals surface area contributed by atoms with Crippen LogP contribution in [-0.2, 0) is 9.47 Å². The zero-order chi connectivity index (χ0) is 16.1. The molecule has 0 atom stereocenters. The van der Waals surface area contributed by atoms with E-state index in [0.29, 0.717) is 13.2 Å². The molecule has 1 heterocycles. The first-order valence-electron chi connectivity index (χ1n) is 7.12. The Bertz CT molecular complexity index is 773. The average molecular weight is 394 g/mol. The molecule has 3 rings (SSSR count). The number of ether oxygens (including phenoxy) is 3. The van der Waals surface area contributed by atoms with Crippen molar-refractivity contribution >= 4 is 37.5 Å². The second-order valence-electron chi connectivity index (χ2n) is 4.82. The van der Waals surface area contributed by atoms with Crippen molar-refractivity contribution in [2.75, 3.05) is 27.1 Å². The fourth-order valence-electron chi connectivity index (χ4n) is 2.03. The normalized spacial score (nSPS) is 11.0. The van der Waals surface area contributed by atoms with E-state index >= 15 is 0 Å². The highest BCUT2D eigenvalue weighted by Crippen LogP contribution is 2.32. The molecule has 120 valence electrons. The summed E-state index contributed by atoms with van der Waals surface area (Å²) in [7, 11) is 1.64. The summed E-state index contributed by atoms with van der Waals surface area (Å²) < 4.78 is 17.9. The van der Waals surface area contributed by atoms with Gasteiger partial charge < -0.3 is 14.2 Å². The highest BCUT2D eigenvalue weighted by Gasteiger charge is 2.07. The van der Waals surface area contributed by atoms with E-state index in [1.165, 1.54) is 4.70 Å². The summed E-state index contributed by atoms with van der Waals surface area (Å²) >= 11 is 5.17. The van der Waals surface area contributed by atoms with E-state index in [2.05, 4.69) is 27.0 Å². The number of methoxy groups -OCH3 is 1. The molecule has 0 aliphatic heterocycles. The third-order valence-electron chi connectivity index (χ3n) is 3.19. The number of nitrogens with zero attached hydrogens (tertiary/aromatic N) is 1. The minimum absolute atomic E-state index is 0.220. The van der Waals surface area contributed by atoms with Crippen molar-refractivity contribution in [3.8, 4) is 16.3 Å². The maximum Gasteiger partial charge on any atom is 0.189 e. The Labute approximate surface area is 147 Å². The topological polar surface area (TPSA) is 40.6 Å². The SMILES string of the molecule is COCCOCOc1ccc(-c2nc3ccc(Br)cc3s2)cc1. The second-order valence-corrected chi connectivity index (χ2v) is 6.77. The fourth-order valence-corrected chi connectivity index (χ4v) is 3.55. The lowest BCUT2D eigenvalue weighted by atomic mass is 10.2. The van der Waals surface area contributed by atoms with Crippen LogP contribution in [0.2, 0.25) is 0 Å². The average Bonchev–Trinajstić information content (AvgIpc) is 2.98. The fraction of sp³-hybridized carbons (Fsp3) is 0.235. The highest BCUT2D eigenvalue weighted by molar-refractivity contribution is 9.10. The third kappa shape index (κ3) is 4.29. The van der Waals surface area contributed by atoms with E-state index in [9.17, 15) is 0 Å². The first-order chi connectivity index (χ1) is 11.3. The first-order valence-corrected chi connectivity index (χ1v) is 8.73. The maximum absolute atomic E-state index is 5.52. The van der Waals surface area contributed by atoms with Gasteiger partial charge >= 0.3 is 0 Å². The molecule has 0 saturated heterocycles. The summed E-state index contributed by atoms with van der Waals surface area (Å²) in [5.41, 5.74) is 2.09. The number of hydrogen-bond donors (Lipinski definition) is 0. The lowest BCUT2D eigenvalue weighted by molar-refractivity contribution is -0.00846. The van der Waals surface area contributed by atoms with E-state index in [0.717, 1.165) is 26.3 Å². The molecule has 0 fully saturated rings. The van der Waals surface area contributed by atoms with Crippen molar-refractivity contribution in [3.63, 3.8) is 0 Å². The Balaban J connectivity index is 1.66. The molecule has 0 spiro atoms. The summed E-state index contributed by atoms with van der Waals surface area (Å²) in [6.07, 6.45) is 0. The van der Waals surface area contributed by atoms with Crippen LogP contribution in [-0.4, -0.2) is 32.1 Å². The molecule has 0 unspecified atom stereocenters. The predicted molar refractivity (Wildman–Crippen MR) is 96.1 cm³/mol. The number of hydrogen-bond acceptors (Lipinski definition) is 5. The Morgan fingerprint density at radius 3 is 2.70 bits per heavy atom. The maximum atomic E-state index is 5.52. The molecule has 6 heteroatoms. The summed E-state index contributed by atoms with van der Waals surface area (Å²) in [4.78, 5) is 4.67. The van der Waals surface area contributed by atoms with E-state index in [4.69, 9.17) is 14.2 Å². The van der Waals surface area contributed by atoms with Gasteiger partial charge in [0.15, 0.2) is 6.79 Å². The van der Waals surface area contributed by atoms with Gasteiger partial charge in [-0.05, 0) is 42.5 Å². The first kappa shape index (κ1) is 16.4. The van der Waals surface area contributed by atoms with Gasteiger partial charge in [-0.1, -0.05) is 15.9 Å². The van der Waals surface area contributed by atoms with Crippen LogP contribution in [0.25, 0.3) is 20.8 Å². The zero-order valence-electron chi connectivity index (χ0n) is 12.6. The summed E-state index contributed by atoms with van der Waals surface area (Å²) in [6, 6.07) is 14.0. The van der Waals surface area contributed by atoms with Gasteiger partial charge in [0.2, 0.25) is 0 Å². The van der Waals surface area contributed by atoms with Crippen LogP contribution in [0.4, 0.5) is 0 Å². The van der Waals surface area contributed by atoms with Crippen molar-refractivity contribution in [2.24, 2.45) is 0 Å². The van der Waals surface area contributed by atoms with E-state index in [-0.39, 0.29) is 6.79 Å². The zero-order valence-corrected chi connectivity index (χ0v) is 15.0. The minimum Gasteiger partial charge on any atom is -0.468 e. The van der Waals surface area contributed by atoms with Crippen LogP contribution in [0.1, 0.15) is 0 Å². The number of halogens is 1. The predicted octanol–water partition coefficient (Wildman–Crippen LogP) is 4.73. The number of rotatable bonds is 7. The van der Waals surface area contributed by atoms with Crippen LogP contribution < -0.4 is 4.74 Å². The molecule has 23 heavy (non-hydrogen) atoms. The molecular formula is C17H16BrNO3S. The highest BCUT2D eigenvalue weighted by atomic mass is 79.9. The molecule has 0 bridgehead atoms. The number of thiazole rings is 1. The monoisotopic (exact) mass is 393 g/mol. The van der Waals surface area contributed by atoms with Crippen LogP contribution in [0, 0.1) is 0 Å². The minimum atomic E-state index is 0.220. The van der Waals surface area contributed by atoms with Crippen molar-refractivity contribution in [1.29, 1.82) is 0 Å². The number of aromatic nitrogens is 1. The Hall–Kier alpha value is -1.47. The molecule has 0 amide bonds. The van der Waals surface area contributed by atoms with Gasteiger partial charge in [0.05, 0.1) is 23.4 Å². The van der Waals surface area contributed by atoms with Gasteiger partial charge in [-0.25, -0.2) is 4.98 Å². The summed E-state index contributed by atoms with van der Waals surface area (Å²) in [5.74, 6) is 0.773. The van der Waals surface area contributed by atoms with Gasteiger partial charge in [-0.3, -0.25) is 0 Å². The van der Waals surface area contributed by atoms with Crippen molar-refractivity contribution in [1.82, 2.24) is 4.98 Å². The van der Waals surface area contributed by atoms with E-state index in [1.807, 2.05) is 36.4 Å². The smallest absolute Gasteiger partial charge is 0.189 e. The van der Waals surface area contributed by atoms with Crippen molar-refractivity contribution in [2.45, 2.75) is 0 Å². The lowest BCUT2D eigenvalue weighted by Gasteiger charge is -2.07. The molecule has 0 N–H and O–H groups in total. The van der Waals surface area contributed by atoms with Crippen LogP contribution in [0.5, 0.6) is 5.75 Å². The lowest BCUT2D eigenvalue weighted by Crippen LogP contribution is -2.07. The van der Waals surface area contributed by atoms with Crippen molar-refractivity contribution < 1.29 is 14.2 Å². The quantitative estimate of drug-likeness (QED) is 0.429. The molecule has 0 radical (unpaired) electrons. The van der Waals surface area contributed by atoms with Gasteiger partial charge in [-0.15, -0.1) is 11.3 Å². The van der Waals surface area contributed by atoms with Gasteiger partial charge in [0.1, 0.15) is 10.8 Å². The summed E-state index contributed by atoms with van der Waals surface area (Å²) in [6.45, 7) is 1.31. The molecule has 2 aromatic carbocycles. The Kier molecular flexibility index (Phi) is 5.61. The Morgan fingerprint density at radius 1 is 1.09 bits per heavy atom. The van der Waals surface area contributed by atoms with Gasteiger partial charge in [0, 0.05) is 17.1 Å². The second kappa shape index (κ2) is 7.88. The standard InChI is InChI=1S/C17H16BrNO3S/c1-20-8-9-21-11-22-14-5-2-12(3-6-14)17-19-15-7-4-13(18)10-16(15)23-17/h2-7,10H,8-9,11H2,1H3. The summed E-state index contributed by atoms with van der Waals surface area (Å²) in [5, 5.41) is 1.00. The molecule has 0 aliphatic rings. The van der Waals surface area contributed by atoms with Crippen LogP contribution in [0.15, 0.2) is 46.9 Å². The molecule has 0 aliphatic carbocycles.